The number of phenolic OH excluding ortho intramolecular Hbond substituents is 3. The van der Waals surface area contributed by atoms with Crippen molar-refractivity contribution in [3.63, 3.8) is 0 Å². The van der Waals surface area contributed by atoms with Crippen LogP contribution in [0.2, 0.25) is 0 Å². The van der Waals surface area contributed by atoms with Gasteiger partial charge < -0.3 is 15.3 Å². The van der Waals surface area contributed by atoms with E-state index >= 15 is 0 Å². The molecule has 0 saturated carbocycles. The molecule has 3 N–H and O–H groups in total. The average molecular weight is 243 g/mol. The van der Waals surface area contributed by atoms with E-state index in [0.29, 0.717) is 11.0 Å². The number of nitrogens with zero attached hydrogens (tertiary/aromatic N) is 3. The number of aromatic hydroxyl groups is 3. The minimum absolute atomic E-state index is 0.196. The number of aromatic nitrogens is 3. The molecule has 0 fully saturated rings. The van der Waals surface area contributed by atoms with E-state index in [-0.39, 0.29) is 17.2 Å². The molecular formula is C12H9N3O3. The largest absolute Gasteiger partial charge is 0.505 e. The Morgan fingerprint density at radius 3 is 1.94 bits per heavy atom. The Kier molecular flexibility index (Phi) is 2.09. The Balaban J connectivity index is 2.22. The minimum atomic E-state index is -0.395. The Hall–Kier alpha value is -2.76. The number of phenols is 3. The standard InChI is InChI=1S/C12H9N3O3/c16-10-6-12(18)11(17)5-9(10)15-13-7-3-1-2-4-8(7)14-15/h1-6,16-18H. The van der Waals surface area contributed by atoms with Crippen LogP contribution in [0.3, 0.4) is 0 Å². The molecule has 3 aromatic rings. The molecule has 1 aromatic heterocycles. The van der Waals surface area contributed by atoms with Crippen LogP contribution in [0.1, 0.15) is 0 Å². The van der Waals surface area contributed by atoms with Gasteiger partial charge in [-0.15, -0.1) is 15.0 Å². The molecule has 0 bridgehead atoms. The summed E-state index contributed by atoms with van der Waals surface area (Å²) in [5, 5.41) is 36.7. The molecule has 1 heterocycles. The van der Waals surface area contributed by atoms with Gasteiger partial charge in [-0.2, -0.15) is 0 Å². The van der Waals surface area contributed by atoms with Crippen molar-refractivity contribution in [1.29, 1.82) is 0 Å². The van der Waals surface area contributed by atoms with Crippen LogP contribution in [-0.2, 0) is 0 Å². The van der Waals surface area contributed by atoms with Gasteiger partial charge in [-0.05, 0) is 12.1 Å². The normalized spacial score (nSPS) is 10.9. The molecule has 18 heavy (non-hydrogen) atoms. The first-order chi connectivity index (χ1) is 8.65. The lowest BCUT2D eigenvalue weighted by molar-refractivity contribution is 0.394. The number of benzene rings is 2. The highest BCUT2D eigenvalue weighted by Crippen LogP contribution is 2.33. The van der Waals surface area contributed by atoms with Crippen molar-refractivity contribution in [3.05, 3.63) is 36.4 Å². The summed E-state index contributed by atoms with van der Waals surface area (Å²) in [6.45, 7) is 0. The lowest BCUT2D eigenvalue weighted by atomic mass is 10.2. The molecule has 0 atom stereocenters. The maximum absolute atomic E-state index is 9.72. The zero-order valence-corrected chi connectivity index (χ0v) is 9.15. The minimum Gasteiger partial charge on any atom is -0.505 e. The van der Waals surface area contributed by atoms with Crippen molar-refractivity contribution in [2.45, 2.75) is 0 Å². The van der Waals surface area contributed by atoms with Gasteiger partial charge in [0, 0.05) is 12.1 Å². The van der Waals surface area contributed by atoms with Crippen LogP contribution in [0, 0.1) is 0 Å². The summed E-state index contributed by atoms with van der Waals surface area (Å²) in [5.41, 5.74) is 1.54. The van der Waals surface area contributed by atoms with Gasteiger partial charge in [0.05, 0.1) is 0 Å². The van der Waals surface area contributed by atoms with Gasteiger partial charge >= 0.3 is 0 Å². The van der Waals surface area contributed by atoms with Gasteiger partial charge in [0.2, 0.25) is 0 Å². The third-order valence-corrected chi connectivity index (χ3v) is 2.57. The topological polar surface area (TPSA) is 91.4 Å². The summed E-state index contributed by atoms with van der Waals surface area (Å²) < 4.78 is 0. The summed E-state index contributed by atoms with van der Waals surface area (Å²) in [6, 6.07) is 9.47. The maximum Gasteiger partial charge on any atom is 0.161 e. The number of hydrogen-bond acceptors (Lipinski definition) is 5. The Labute approximate surface area is 101 Å². The van der Waals surface area contributed by atoms with Gasteiger partial charge in [0.15, 0.2) is 11.5 Å². The monoisotopic (exact) mass is 243 g/mol. The zero-order chi connectivity index (χ0) is 12.7. The fourth-order valence-corrected chi connectivity index (χ4v) is 1.68. The first-order valence-electron chi connectivity index (χ1n) is 5.22. The molecule has 0 spiro atoms. The second-order valence-electron chi connectivity index (χ2n) is 3.81. The molecule has 0 aliphatic carbocycles. The average Bonchev–Trinajstić information content (AvgIpc) is 2.77. The molecule has 6 nitrogen and oxygen atoms in total. The second kappa shape index (κ2) is 3.63. The molecule has 6 heteroatoms. The molecule has 2 aromatic carbocycles. The van der Waals surface area contributed by atoms with Crippen LogP contribution in [0.5, 0.6) is 17.2 Å². The molecule has 0 radical (unpaired) electrons. The van der Waals surface area contributed by atoms with Gasteiger partial charge in [0.1, 0.15) is 22.5 Å². The fourth-order valence-electron chi connectivity index (χ4n) is 1.68. The lowest BCUT2D eigenvalue weighted by Crippen LogP contribution is -1.98. The summed E-state index contributed by atoms with van der Waals surface area (Å²) in [6.07, 6.45) is 0. The summed E-state index contributed by atoms with van der Waals surface area (Å²) in [7, 11) is 0. The Morgan fingerprint density at radius 1 is 0.778 bits per heavy atom. The molecule has 3 rings (SSSR count). The van der Waals surface area contributed by atoms with E-state index in [4.69, 9.17) is 0 Å². The van der Waals surface area contributed by atoms with Gasteiger partial charge in [-0.25, -0.2) is 0 Å². The third kappa shape index (κ3) is 1.51. The summed E-state index contributed by atoms with van der Waals surface area (Å²) in [5.74, 6) is -0.956. The lowest BCUT2D eigenvalue weighted by Gasteiger charge is -2.04. The van der Waals surface area contributed by atoms with Crippen molar-refractivity contribution in [2.75, 3.05) is 0 Å². The van der Waals surface area contributed by atoms with E-state index < -0.39 is 5.75 Å². The van der Waals surface area contributed by atoms with Crippen molar-refractivity contribution >= 4 is 11.0 Å². The molecule has 0 saturated heterocycles. The first-order valence-corrected chi connectivity index (χ1v) is 5.22. The van der Waals surface area contributed by atoms with Crippen LogP contribution in [0.15, 0.2) is 36.4 Å². The van der Waals surface area contributed by atoms with Gasteiger partial charge in [-0.1, -0.05) is 12.1 Å². The molecule has 0 aliphatic rings. The molecule has 0 aliphatic heterocycles. The van der Waals surface area contributed by atoms with Crippen LogP contribution in [-0.4, -0.2) is 30.3 Å². The van der Waals surface area contributed by atoms with Crippen molar-refractivity contribution in [2.24, 2.45) is 0 Å². The Bertz CT molecular complexity index is 704. The quantitative estimate of drug-likeness (QED) is 0.445. The smallest absolute Gasteiger partial charge is 0.161 e. The summed E-state index contributed by atoms with van der Waals surface area (Å²) >= 11 is 0. The highest BCUT2D eigenvalue weighted by atomic mass is 16.3. The third-order valence-electron chi connectivity index (χ3n) is 2.57. The predicted molar refractivity (Wildman–Crippen MR) is 63.9 cm³/mol. The van der Waals surface area contributed by atoms with Gasteiger partial charge in [0.25, 0.3) is 0 Å². The van der Waals surface area contributed by atoms with E-state index in [2.05, 4.69) is 10.2 Å². The molecule has 90 valence electrons. The zero-order valence-electron chi connectivity index (χ0n) is 9.15. The highest BCUT2D eigenvalue weighted by molar-refractivity contribution is 5.73. The SMILES string of the molecule is Oc1cc(O)c(-n2nc3ccccc3n2)cc1O. The molecule has 0 amide bonds. The van der Waals surface area contributed by atoms with E-state index in [0.717, 1.165) is 6.07 Å². The van der Waals surface area contributed by atoms with E-state index in [9.17, 15) is 15.3 Å². The molecule has 0 unspecified atom stereocenters. The van der Waals surface area contributed by atoms with E-state index in [1.54, 1.807) is 12.1 Å². The van der Waals surface area contributed by atoms with Crippen molar-refractivity contribution in [3.8, 4) is 22.9 Å². The second-order valence-corrected chi connectivity index (χ2v) is 3.81. The van der Waals surface area contributed by atoms with Crippen LogP contribution >= 0.6 is 0 Å². The van der Waals surface area contributed by atoms with E-state index in [1.807, 2.05) is 12.1 Å². The summed E-state index contributed by atoms with van der Waals surface area (Å²) in [4.78, 5) is 1.21. The van der Waals surface area contributed by atoms with Crippen molar-refractivity contribution < 1.29 is 15.3 Å². The first kappa shape index (κ1) is 10.4. The number of fused-ring (bicyclic) bond motifs is 1. The van der Waals surface area contributed by atoms with E-state index in [1.165, 1.54) is 10.9 Å². The number of hydrogen-bond donors (Lipinski definition) is 3. The van der Waals surface area contributed by atoms with Crippen LogP contribution < -0.4 is 0 Å². The van der Waals surface area contributed by atoms with Crippen LogP contribution in [0.4, 0.5) is 0 Å². The van der Waals surface area contributed by atoms with Crippen molar-refractivity contribution in [1.82, 2.24) is 15.0 Å². The van der Waals surface area contributed by atoms with Gasteiger partial charge in [-0.3, -0.25) is 0 Å². The Morgan fingerprint density at radius 2 is 1.33 bits per heavy atom. The fraction of sp³-hybridized carbons (Fsp3) is 0. The molecular weight excluding hydrogens is 234 g/mol. The number of rotatable bonds is 1. The maximum atomic E-state index is 9.72. The van der Waals surface area contributed by atoms with Crippen LogP contribution in [0.25, 0.3) is 16.7 Å². The predicted octanol–water partition coefficient (Wildman–Crippen LogP) is 1.54. The highest BCUT2D eigenvalue weighted by Gasteiger charge is 2.12.